The van der Waals surface area contributed by atoms with E-state index in [1.54, 1.807) is 7.11 Å². The second-order valence-electron chi connectivity index (χ2n) is 6.93. The van der Waals surface area contributed by atoms with Crippen LogP contribution < -0.4 is 4.74 Å². The molecule has 0 unspecified atom stereocenters. The third kappa shape index (κ3) is 2.56. The molecule has 0 aromatic heterocycles. The third-order valence-electron chi connectivity index (χ3n) is 5.43. The Kier molecular flexibility index (Phi) is 4.00. The molecule has 1 aliphatic heterocycles. The first-order valence-corrected chi connectivity index (χ1v) is 8.05. The first kappa shape index (κ1) is 15.8. The molecule has 3 rings (SSSR count). The number of fused-ring (bicyclic) bond motifs is 1. The lowest BCUT2D eigenvalue weighted by atomic mass is 9.62. The van der Waals surface area contributed by atoms with Gasteiger partial charge in [0, 0.05) is 24.4 Å². The van der Waals surface area contributed by atoms with Gasteiger partial charge in [-0.3, -0.25) is 4.79 Å². The van der Waals surface area contributed by atoms with Crippen molar-refractivity contribution >= 4 is 12.2 Å². The topological polar surface area (TPSA) is 46.6 Å². The molecule has 0 radical (unpaired) electrons. The third-order valence-corrected chi connectivity index (χ3v) is 5.43. The molecule has 0 spiro atoms. The molecule has 0 saturated carbocycles. The van der Waals surface area contributed by atoms with Crippen molar-refractivity contribution in [1.82, 2.24) is 4.90 Å². The number of rotatable bonds is 4. The molecule has 4 atom stereocenters. The van der Waals surface area contributed by atoms with Crippen molar-refractivity contribution in [2.75, 3.05) is 13.7 Å². The summed E-state index contributed by atoms with van der Waals surface area (Å²) in [5, 5.41) is 0. The summed E-state index contributed by atoms with van der Waals surface area (Å²) in [6.45, 7) is 5.32. The first-order valence-electron chi connectivity index (χ1n) is 8.05. The van der Waals surface area contributed by atoms with Crippen LogP contribution in [0.4, 0.5) is 0 Å². The van der Waals surface area contributed by atoms with Crippen LogP contribution in [0.3, 0.4) is 0 Å². The van der Waals surface area contributed by atoms with E-state index in [1.807, 2.05) is 48.2 Å². The van der Waals surface area contributed by atoms with E-state index in [0.29, 0.717) is 13.1 Å². The lowest BCUT2D eigenvalue weighted by Crippen LogP contribution is -2.41. The molecular formula is C19H23NO3. The minimum atomic E-state index is -0.306. The fraction of sp³-hybridized carbons (Fsp3) is 0.474. The van der Waals surface area contributed by atoms with Crippen molar-refractivity contribution < 1.29 is 14.3 Å². The molecule has 4 nitrogen and oxygen atoms in total. The van der Waals surface area contributed by atoms with Gasteiger partial charge in [0.1, 0.15) is 12.0 Å². The molecule has 1 heterocycles. The second-order valence-corrected chi connectivity index (χ2v) is 6.93. The van der Waals surface area contributed by atoms with Gasteiger partial charge in [0.2, 0.25) is 5.91 Å². The Hall–Kier alpha value is -2.10. The summed E-state index contributed by atoms with van der Waals surface area (Å²) in [6, 6.07) is 7.76. The van der Waals surface area contributed by atoms with Gasteiger partial charge >= 0.3 is 0 Å². The smallest absolute Gasteiger partial charge is 0.230 e. The van der Waals surface area contributed by atoms with Crippen LogP contribution in [0.2, 0.25) is 0 Å². The number of carbonyl (C=O) groups excluding carboxylic acids is 2. The SMILES string of the molecule is COc1ccc(CN2C[C@@]3(C)[C@@H](C=C[C@H](C)[C@@H]3C=O)C2=O)cc1. The Morgan fingerprint density at radius 3 is 2.61 bits per heavy atom. The number of hydrogen-bond acceptors (Lipinski definition) is 3. The van der Waals surface area contributed by atoms with Crippen LogP contribution in [0.15, 0.2) is 36.4 Å². The lowest BCUT2D eigenvalue weighted by Gasteiger charge is -2.39. The Labute approximate surface area is 137 Å². The van der Waals surface area contributed by atoms with Gasteiger partial charge < -0.3 is 14.4 Å². The predicted octanol–water partition coefficient (Wildman–Crippen LogP) is 2.68. The highest BCUT2D eigenvalue weighted by molar-refractivity contribution is 5.85. The quantitative estimate of drug-likeness (QED) is 0.634. The molecule has 2 aliphatic rings. The second kappa shape index (κ2) is 5.84. The highest BCUT2D eigenvalue weighted by Gasteiger charge is 2.54. The molecule has 4 heteroatoms. The van der Waals surface area contributed by atoms with Crippen LogP contribution in [-0.2, 0) is 16.1 Å². The zero-order valence-electron chi connectivity index (χ0n) is 13.9. The van der Waals surface area contributed by atoms with Gasteiger partial charge in [0.25, 0.3) is 0 Å². The highest BCUT2D eigenvalue weighted by atomic mass is 16.5. The number of nitrogens with zero attached hydrogens (tertiary/aromatic N) is 1. The number of ether oxygens (including phenoxy) is 1. The summed E-state index contributed by atoms with van der Waals surface area (Å²) in [7, 11) is 1.64. The number of allylic oxidation sites excluding steroid dienone is 1. The van der Waals surface area contributed by atoms with E-state index in [2.05, 4.69) is 6.92 Å². The Morgan fingerprint density at radius 2 is 2.00 bits per heavy atom. The normalized spacial score (nSPS) is 32.7. The maximum Gasteiger partial charge on any atom is 0.230 e. The molecule has 122 valence electrons. The fourth-order valence-electron chi connectivity index (χ4n) is 4.05. The van der Waals surface area contributed by atoms with Gasteiger partial charge in [-0.15, -0.1) is 0 Å². The molecule has 1 aromatic carbocycles. The van der Waals surface area contributed by atoms with Crippen LogP contribution >= 0.6 is 0 Å². The van der Waals surface area contributed by atoms with Crippen LogP contribution in [0.25, 0.3) is 0 Å². The minimum Gasteiger partial charge on any atom is -0.497 e. The van der Waals surface area contributed by atoms with Crippen molar-refractivity contribution in [3.63, 3.8) is 0 Å². The van der Waals surface area contributed by atoms with E-state index in [1.165, 1.54) is 0 Å². The number of amides is 1. The van der Waals surface area contributed by atoms with Gasteiger partial charge in [0.15, 0.2) is 0 Å². The number of aldehydes is 1. The molecule has 1 aliphatic carbocycles. The number of likely N-dealkylation sites (tertiary alicyclic amines) is 1. The standard InChI is InChI=1S/C19H23NO3/c1-13-4-9-16-18(22)20(12-19(16,2)17(13)11-21)10-14-5-7-15(23-3)8-6-14/h4-9,11,13,16-17H,10,12H2,1-3H3/t13-,16-,17-,19-/m0/s1. The molecule has 23 heavy (non-hydrogen) atoms. The van der Waals surface area contributed by atoms with E-state index < -0.39 is 0 Å². The van der Waals surface area contributed by atoms with E-state index >= 15 is 0 Å². The molecule has 1 amide bonds. The molecule has 1 saturated heterocycles. The zero-order valence-corrected chi connectivity index (χ0v) is 13.9. The summed E-state index contributed by atoms with van der Waals surface area (Å²) in [5.74, 6) is 0.815. The maximum absolute atomic E-state index is 12.8. The molecule has 1 fully saturated rings. The maximum atomic E-state index is 12.8. The van der Waals surface area contributed by atoms with Gasteiger partial charge in [0.05, 0.1) is 13.0 Å². The molecular weight excluding hydrogens is 290 g/mol. The summed E-state index contributed by atoms with van der Waals surface area (Å²) in [6.07, 6.45) is 5.05. The van der Waals surface area contributed by atoms with Gasteiger partial charge in [-0.1, -0.05) is 38.1 Å². The zero-order chi connectivity index (χ0) is 16.6. The van der Waals surface area contributed by atoms with Gasteiger partial charge in [-0.05, 0) is 23.6 Å². The monoisotopic (exact) mass is 313 g/mol. The van der Waals surface area contributed by atoms with Crippen molar-refractivity contribution in [3.05, 3.63) is 42.0 Å². The van der Waals surface area contributed by atoms with Gasteiger partial charge in [-0.25, -0.2) is 0 Å². The first-order chi connectivity index (χ1) is 11.0. The predicted molar refractivity (Wildman–Crippen MR) is 87.9 cm³/mol. The Morgan fingerprint density at radius 1 is 1.30 bits per heavy atom. The van der Waals surface area contributed by atoms with Crippen molar-refractivity contribution in [2.24, 2.45) is 23.2 Å². The lowest BCUT2D eigenvalue weighted by molar-refractivity contribution is -0.131. The number of methoxy groups -OCH3 is 1. The van der Waals surface area contributed by atoms with Crippen molar-refractivity contribution in [1.29, 1.82) is 0 Å². The minimum absolute atomic E-state index is 0.109. The summed E-state index contributed by atoms with van der Waals surface area (Å²) in [4.78, 5) is 26.2. The van der Waals surface area contributed by atoms with E-state index in [0.717, 1.165) is 17.6 Å². The van der Waals surface area contributed by atoms with E-state index in [9.17, 15) is 9.59 Å². The summed E-state index contributed by atoms with van der Waals surface area (Å²) < 4.78 is 5.17. The molecule has 0 N–H and O–H groups in total. The van der Waals surface area contributed by atoms with Crippen LogP contribution in [0, 0.1) is 23.2 Å². The fourth-order valence-corrected chi connectivity index (χ4v) is 4.05. The van der Waals surface area contributed by atoms with Crippen LogP contribution in [0.5, 0.6) is 5.75 Å². The summed E-state index contributed by atoms with van der Waals surface area (Å²) in [5.41, 5.74) is 0.764. The largest absolute Gasteiger partial charge is 0.497 e. The Balaban J connectivity index is 1.82. The molecule has 1 aromatic rings. The number of hydrogen-bond donors (Lipinski definition) is 0. The Bertz CT molecular complexity index is 637. The van der Waals surface area contributed by atoms with Crippen molar-refractivity contribution in [3.8, 4) is 5.75 Å². The molecule has 0 bridgehead atoms. The number of benzene rings is 1. The average Bonchev–Trinajstić information content (AvgIpc) is 2.79. The van der Waals surface area contributed by atoms with E-state index in [4.69, 9.17) is 4.74 Å². The van der Waals surface area contributed by atoms with Crippen LogP contribution in [-0.4, -0.2) is 30.7 Å². The summed E-state index contributed by atoms with van der Waals surface area (Å²) >= 11 is 0. The average molecular weight is 313 g/mol. The van der Waals surface area contributed by atoms with Crippen LogP contribution in [0.1, 0.15) is 19.4 Å². The van der Waals surface area contributed by atoms with Gasteiger partial charge in [-0.2, -0.15) is 0 Å². The highest BCUT2D eigenvalue weighted by Crippen LogP contribution is 2.49. The van der Waals surface area contributed by atoms with Crippen molar-refractivity contribution in [2.45, 2.75) is 20.4 Å². The number of carbonyl (C=O) groups is 2. The van der Waals surface area contributed by atoms with E-state index in [-0.39, 0.29) is 29.1 Å².